The molecule has 0 saturated carbocycles. The van der Waals surface area contributed by atoms with E-state index in [1.54, 1.807) is 0 Å². The first-order chi connectivity index (χ1) is 11.7. The van der Waals surface area contributed by atoms with Crippen LogP contribution in [0.3, 0.4) is 0 Å². The summed E-state index contributed by atoms with van der Waals surface area (Å²) in [6.45, 7) is 12.7. The van der Waals surface area contributed by atoms with Crippen LogP contribution in [-0.2, 0) is 10.2 Å². The fourth-order valence-corrected chi connectivity index (χ4v) is 2.72. The number of carbonyl (C=O) groups is 1. The second kappa shape index (κ2) is 7.73. The van der Waals surface area contributed by atoms with Gasteiger partial charge in [0.25, 0.3) is 5.91 Å². The largest absolute Gasteiger partial charge is 0.484 e. The van der Waals surface area contributed by atoms with Gasteiger partial charge in [-0.3, -0.25) is 4.79 Å². The topological polar surface area (TPSA) is 38.3 Å². The summed E-state index contributed by atoms with van der Waals surface area (Å²) in [5, 5.41) is 3.01. The second-order valence-electron chi connectivity index (χ2n) is 7.81. The Kier molecular flexibility index (Phi) is 5.89. The van der Waals surface area contributed by atoms with Crippen molar-refractivity contribution in [2.24, 2.45) is 0 Å². The van der Waals surface area contributed by atoms with Gasteiger partial charge in [-0.15, -0.1) is 0 Å². The van der Waals surface area contributed by atoms with Crippen molar-refractivity contribution >= 4 is 11.6 Å². The number of ether oxygens (including phenoxy) is 1. The molecular weight excluding hydrogens is 310 g/mol. The Bertz CT molecular complexity index is 742. The standard InChI is InChI=1S/C22H29NO2/c1-15(2)19-12-7-9-16(3)21(19)23-20(24)14-25-18-11-8-10-17(13-18)22(4,5)6/h7-13,15H,14H2,1-6H3,(H,23,24). The average molecular weight is 339 g/mol. The highest BCUT2D eigenvalue weighted by atomic mass is 16.5. The highest BCUT2D eigenvalue weighted by Crippen LogP contribution is 2.28. The molecule has 0 aliphatic carbocycles. The third-order valence-corrected chi connectivity index (χ3v) is 4.26. The first-order valence-electron chi connectivity index (χ1n) is 8.81. The number of hydrogen-bond donors (Lipinski definition) is 1. The van der Waals surface area contributed by atoms with E-state index in [0.717, 1.165) is 22.6 Å². The van der Waals surface area contributed by atoms with Crippen molar-refractivity contribution in [2.45, 2.75) is 52.9 Å². The minimum atomic E-state index is -0.141. The maximum Gasteiger partial charge on any atom is 0.262 e. The molecule has 0 bridgehead atoms. The second-order valence-corrected chi connectivity index (χ2v) is 7.81. The Morgan fingerprint density at radius 2 is 1.80 bits per heavy atom. The minimum Gasteiger partial charge on any atom is -0.484 e. The molecule has 0 atom stereocenters. The lowest BCUT2D eigenvalue weighted by Crippen LogP contribution is -2.22. The first-order valence-corrected chi connectivity index (χ1v) is 8.81. The molecule has 1 amide bonds. The normalized spacial score (nSPS) is 11.5. The van der Waals surface area contributed by atoms with Gasteiger partial charge in [0.15, 0.2) is 6.61 Å². The van der Waals surface area contributed by atoms with Gasteiger partial charge in [-0.25, -0.2) is 0 Å². The Balaban J connectivity index is 2.05. The van der Waals surface area contributed by atoms with Crippen LogP contribution >= 0.6 is 0 Å². The van der Waals surface area contributed by atoms with Crippen molar-refractivity contribution in [1.29, 1.82) is 0 Å². The Morgan fingerprint density at radius 3 is 2.44 bits per heavy atom. The summed E-state index contributed by atoms with van der Waals surface area (Å²) < 4.78 is 5.70. The van der Waals surface area contributed by atoms with Crippen molar-refractivity contribution in [1.82, 2.24) is 0 Å². The molecular formula is C22H29NO2. The molecule has 25 heavy (non-hydrogen) atoms. The van der Waals surface area contributed by atoms with Gasteiger partial charge in [0.05, 0.1) is 0 Å². The molecule has 0 aliphatic heterocycles. The number of rotatable bonds is 5. The molecule has 0 heterocycles. The third-order valence-electron chi connectivity index (χ3n) is 4.26. The van der Waals surface area contributed by atoms with Gasteiger partial charge < -0.3 is 10.1 Å². The van der Waals surface area contributed by atoms with E-state index in [0.29, 0.717) is 5.92 Å². The van der Waals surface area contributed by atoms with E-state index in [1.807, 2.05) is 37.3 Å². The molecule has 2 aromatic rings. The van der Waals surface area contributed by atoms with Crippen molar-refractivity contribution in [3.63, 3.8) is 0 Å². The van der Waals surface area contributed by atoms with Gasteiger partial charge in [0, 0.05) is 5.69 Å². The van der Waals surface area contributed by atoms with Crippen LogP contribution in [0.5, 0.6) is 5.75 Å². The van der Waals surface area contributed by atoms with Crippen LogP contribution in [-0.4, -0.2) is 12.5 Å². The predicted molar refractivity (Wildman–Crippen MR) is 105 cm³/mol. The Labute approximate surface area is 151 Å². The monoisotopic (exact) mass is 339 g/mol. The quantitative estimate of drug-likeness (QED) is 0.788. The number of para-hydroxylation sites is 1. The van der Waals surface area contributed by atoms with E-state index in [1.165, 1.54) is 5.56 Å². The molecule has 0 aliphatic rings. The summed E-state index contributed by atoms with van der Waals surface area (Å²) in [7, 11) is 0. The molecule has 0 radical (unpaired) electrons. The molecule has 3 heteroatoms. The van der Waals surface area contributed by atoms with E-state index in [-0.39, 0.29) is 17.9 Å². The molecule has 134 valence electrons. The Hall–Kier alpha value is -2.29. The highest BCUT2D eigenvalue weighted by molar-refractivity contribution is 5.93. The zero-order valence-electron chi connectivity index (χ0n) is 16.1. The summed E-state index contributed by atoms with van der Waals surface area (Å²) in [5.74, 6) is 0.924. The van der Waals surface area contributed by atoms with E-state index < -0.39 is 0 Å². The molecule has 2 rings (SSSR count). The van der Waals surface area contributed by atoms with Gasteiger partial charge in [-0.1, -0.05) is 65.0 Å². The fraction of sp³-hybridized carbons (Fsp3) is 0.409. The number of anilines is 1. The zero-order chi connectivity index (χ0) is 18.6. The van der Waals surface area contributed by atoms with Gasteiger partial charge in [-0.05, 0) is 47.1 Å². The maximum atomic E-state index is 12.4. The first kappa shape index (κ1) is 19.0. The number of carbonyl (C=O) groups excluding carboxylic acids is 1. The molecule has 2 aromatic carbocycles. The van der Waals surface area contributed by atoms with Crippen molar-refractivity contribution < 1.29 is 9.53 Å². The summed E-state index contributed by atoms with van der Waals surface area (Å²) in [6, 6.07) is 14.0. The minimum absolute atomic E-state index is 0.000530. The maximum absolute atomic E-state index is 12.4. The van der Waals surface area contributed by atoms with Crippen molar-refractivity contribution in [2.75, 3.05) is 11.9 Å². The molecule has 1 N–H and O–H groups in total. The lowest BCUT2D eigenvalue weighted by molar-refractivity contribution is -0.118. The van der Waals surface area contributed by atoms with Crippen LogP contribution < -0.4 is 10.1 Å². The van der Waals surface area contributed by atoms with Gasteiger partial charge in [0.1, 0.15) is 5.75 Å². The average Bonchev–Trinajstić information content (AvgIpc) is 2.54. The van der Waals surface area contributed by atoms with Crippen LogP contribution in [0.4, 0.5) is 5.69 Å². The molecule has 0 aromatic heterocycles. The lowest BCUT2D eigenvalue weighted by Gasteiger charge is -2.20. The van der Waals surface area contributed by atoms with Crippen molar-refractivity contribution in [3.8, 4) is 5.75 Å². The zero-order valence-corrected chi connectivity index (χ0v) is 16.1. The SMILES string of the molecule is Cc1cccc(C(C)C)c1NC(=O)COc1cccc(C(C)(C)C)c1. The summed E-state index contributed by atoms with van der Waals surface area (Å²) in [5.41, 5.74) is 4.34. The van der Waals surface area contributed by atoms with E-state index in [4.69, 9.17) is 4.74 Å². The van der Waals surface area contributed by atoms with Gasteiger partial charge >= 0.3 is 0 Å². The molecule has 0 unspecified atom stereocenters. The van der Waals surface area contributed by atoms with E-state index in [9.17, 15) is 4.79 Å². The van der Waals surface area contributed by atoms with Crippen LogP contribution in [0, 0.1) is 6.92 Å². The highest BCUT2D eigenvalue weighted by Gasteiger charge is 2.15. The molecule has 3 nitrogen and oxygen atoms in total. The predicted octanol–water partition coefficient (Wildman–Crippen LogP) is 5.43. The number of benzene rings is 2. The molecule has 0 fully saturated rings. The Morgan fingerprint density at radius 1 is 1.12 bits per heavy atom. The van der Waals surface area contributed by atoms with Crippen LogP contribution in [0.25, 0.3) is 0 Å². The van der Waals surface area contributed by atoms with Crippen LogP contribution in [0.1, 0.15) is 57.2 Å². The third kappa shape index (κ3) is 5.09. The van der Waals surface area contributed by atoms with E-state index in [2.05, 4.69) is 52.1 Å². The number of amides is 1. The van der Waals surface area contributed by atoms with Crippen LogP contribution in [0.2, 0.25) is 0 Å². The smallest absolute Gasteiger partial charge is 0.262 e. The van der Waals surface area contributed by atoms with Gasteiger partial charge in [0.2, 0.25) is 0 Å². The van der Waals surface area contributed by atoms with Gasteiger partial charge in [-0.2, -0.15) is 0 Å². The summed E-state index contributed by atoms with van der Waals surface area (Å²) in [6.07, 6.45) is 0. The summed E-state index contributed by atoms with van der Waals surface area (Å²) in [4.78, 5) is 12.4. The van der Waals surface area contributed by atoms with Crippen LogP contribution in [0.15, 0.2) is 42.5 Å². The number of aryl methyl sites for hydroxylation is 1. The number of hydrogen-bond acceptors (Lipinski definition) is 2. The lowest BCUT2D eigenvalue weighted by atomic mass is 9.87. The number of nitrogens with one attached hydrogen (secondary N) is 1. The van der Waals surface area contributed by atoms with Crippen molar-refractivity contribution in [3.05, 3.63) is 59.2 Å². The molecule has 0 saturated heterocycles. The molecule has 0 spiro atoms. The van der Waals surface area contributed by atoms with E-state index >= 15 is 0 Å². The summed E-state index contributed by atoms with van der Waals surface area (Å²) >= 11 is 0. The fourth-order valence-electron chi connectivity index (χ4n) is 2.72.